The van der Waals surface area contributed by atoms with Gasteiger partial charge in [-0.3, -0.25) is 9.59 Å². The van der Waals surface area contributed by atoms with Gasteiger partial charge >= 0.3 is 12.9 Å². The number of amides is 2. The van der Waals surface area contributed by atoms with E-state index in [1.165, 1.54) is 24.5 Å². The van der Waals surface area contributed by atoms with Gasteiger partial charge in [0.1, 0.15) is 6.21 Å². The second-order valence-corrected chi connectivity index (χ2v) is 7.10. The molecule has 2 amide bonds. The summed E-state index contributed by atoms with van der Waals surface area (Å²) in [7, 11) is 0. The molecule has 5 rings (SSSR count). The van der Waals surface area contributed by atoms with Crippen molar-refractivity contribution in [3.8, 4) is 0 Å². The van der Waals surface area contributed by atoms with Crippen molar-refractivity contribution < 1.29 is 32.3 Å². The lowest BCUT2D eigenvalue weighted by molar-refractivity contribution is -0.356. The minimum atomic E-state index is -3.98. The Labute approximate surface area is 169 Å². The van der Waals surface area contributed by atoms with Crippen molar-refractivity contribution in [2.75, 3.05) is 0 Å². The molecule has 3 aliphatic heterocycles. The first kappa shape index (κ1) is 18.2. The summed E-state index contributed by atoms with van der Waals surface area (Å²) in [4.78, 5) is 40.4. The molecule has 0 aliphatic carbocycles. The lowest BCUT2D eigenvalue weighted by atomic mass is 9.86. The minimum Gasteiger partial charge on any atom is -0.396 e. The van der Waals surface area contributed by atoms with Crippen molar-refractivity contribution in [1.29, 1.82) is 0 Å². The van der Waals surface area contributed by atoms with E-state index in [2.05, 4.69) is 0 Å². The van der Waals surface area contributed by atoms with Crippen LogP contribution >= 0.6 is 0 Å². The number of halogens is 2. The molecular formula is C20H14BF2N3O4. The second-order valence-electron chi connectivity index (χ2n) is 7.10. The van der Waals surface area contributed by atoms with Crippen LogP contribution in [0.1, 0.15) is 34.5 Å². The van der Waals surface area contributed by atoms with Gasteiger partial charge in [-0.1, -0.05) is 12.1 Å². The Balaban J connectivity index is 1.48. The quantitative estimate of drug-likeness (QED) is 0.577. The van der Waals surface area contributed by atoms with E-state index in [1.54, 1.807) is 36.4 Å². The number of aromatic nitrogens is 1. The zero-order valence-electron chi connectivity index (χ0n) is 15.5. The summed E-state index contributed by atoms with van der Waals surface area (Å²) in [6.45, 7) is -3.98. The lowest BCUT2D eigenvalue weighted by Gasteiger charge is -2.30. The summed E-state index contributed by atoms with van der Waals surface area (Å²) < 4.78 is 31.6. The van der Waals surface area contributed by atoms with Crippen LogP contribution in [0.25, 0.3) is 5.57 Å². The zero-order chi connectivity index (χ0) is 21.0. The number of carbonyl (C=O) groups is 3. The van der Waals surface area contributed by atoms with E-state index in [9.17, 15) is 23.0 Å². The first-order valence-electron chi connectivity index (χ1n) is 9.30. The van der Waals surface area contributed by atoms with Crippen molar-refractivity contribution in [2.24, 2.45) is 0 Å². The highest BCUT2D eigenvalue weighted by atomic mass is 19.2. The summed E-state index contributed by atoms with van der Waals surface area (Å²) >= 11 is 0. The van der Waals surface area contributed by atoms with Crippen LogP contribution in [0.5, 0.6) is 0 Å². The Hall–Kier alpha value is -3.82. The smallest absolute Gasteiger partial charge is 0.396 e. The summed E-state index contributed by atoms with van der Waals surface area (Å²) in [6, 6.07) is 9.35. The Bertz CT molecular complexity index is 1190. The Morgan fingerprint density at radius 2 is 1.77 bits per heavy atom. The van der Waals surface area contributed by atoms with Crippen LogP contribution in [0, 0.1) is 0 Å². The molecule has 0 unspecified atom stereocenters. The molecule has 1 saturated heterocycles. The zero-order valence-corrected chi connectivity index (χ0v) is 15.5. The van der Waals surface area contributed by atoms with Crippen LogP contribution in [0.4, 0.5) is 8.63 Å². The number of imide groups is 1. The van der Waals surface area contributed by atoms with Crippen LogP contribution in [-0.4, -0.2) is 45.0 Å². The van der Waals surface area contributed by atoms with Crippen molar-refractivity contribution in [2.45, 2.75) is 12.8 Å². The van der Waals surface area contributed by atoms with E-state index in [-0.39, 0.29) is 18.4 Å². The molecule has 3 aliphatic rings. The molecule has 0 radical (unpaired) electrons. The first-order chi connectivity index (χ1) is 14.4. The van der Waals surface area contributed by atoms with E-state index >= 15 is 0 Å². The Kier molecular flexibility index (Phi) is 3.86. The van der Waals surface area contributed by atoms with Crippen LogP contribution in [-0.2, 0) is 14.4 Å². The number of carbonyl (C=O) groups excluding carboxylic acids is 3. The topological polar surface area (TPSA) is 71.6 Å². The predicted octanol–water partition coefficient (Wildman–Crippen LogP) is 2.36. The van der Waals surface area contributed by atoms with Gasteiger partial charge in [0.15, 0.2) is 5.70 Å². The van der Waals surface area contributed by atoms with Gasteiger partial charge < -0.3 is 22.4 Å². The van der Waals surface area contributed by atoms with Crippen molar-refractivity contribution in [3.63, 3.8) is 0 Å². The number of rotatable bonds is 3. The summed E-state index contributed by atoms with van der Waals surface area (Å²) in [5.41, 5.74) is 2.10. The van der Waals surface area contributed by atoms with Gasteiger partial charge in [-0.05, 0) is 36.0 Å². The molecule has 4 heterocycles. The highest BCUT2D eigenvalue weighted by Gasteiger charge is 2.51. The molecule has 150 valence electrons. The molecule has 30 heavy (non-hydrogen) atoms. The molecule has 1 aromatic carbocycles. The van der Waals surface area contributed by atoms with E-state index in [0.717, 1.165) is 8.96 Å². The molecular weight excluding hydrogens is 395 g/mol. The van der Waals surface area contributed by atoms with Gasteiger partial charge in [0.25, 0.3) is 11.8 Å². The SMILES string of the molecule is O=C(ON1C(=O)CCC1=O)c1ccc(C2=C3C=CC=[N+]3[B-](F)(F)n3cccc32)cc1. The van der Waals surface area contributed by atoms with Gasteiger partial charge in [0.05, 0.1) is 11.1 Å². The van der Waals surface area contributed by atoms with Crippen molar-refractivity contribution in [3.05, 3.63) is 77.3 Å². The third-order valence-corrected chi connectivity index (χ3v) is 5.33. The molecule has 0 bridgehead atoms. The average Bonchev–Trinajstić information content (AvgIpc) is 3.46. The largest absolute Gasteiger partial charge is 0.737 e. The van der Waals surface area contributed by atoms with Gasteiger partial charge in [-0.25, -0.2) is 4.79 Å². The number of nitrogens with zero attached hydrogens (tertiary/aromatic N) is 3. The summed E-state index contributed by atoms with van der Waals surface area (Å²) in [5, 5.41) is 0.482. The van der Waals surface area contributed by atoms with Crippen LogP contribution in [0.2, 0.25) is 0 Å². The monoisotopic (exact) mass is 409 g/mol. The third kappa shape index (κ3) is 2.57. The molecule has 2 aromatic rings. The maximum Gasteiger partial charge on any atom is 0.737 e. The van der Waals surface area contributed by atoms with Crippen LogP contribution in [0.15, 0.2) is 60.4 Å². The van der Waals surface area contributed by atoms with Crippen LogP contribution in [0.3, 0.4) is 0 Å². The summed E-state index contributed by atoms with van der Waals surface area (Å²) in [6.07, 6.45) is 5.88. The number of benzene rings is 1. The van der Waals surface area contributed by atoms with Crippen molar-refractivity contribution >= 4 is 36.5 Å². The highest BCUT2D eigenvalue weighted by Crippen LogP contribution is 2.38. The number of hydrogen-bond donors (Lipinski definition) is 0. The van der Waals surface area contributed by atoms with Gasteiger partial charge in [-0.2, -0.15) is 0 Å². The normalized spacial score (nSPS) is 19.1. The Morgan fingerprint density at radius 3 is 2.47 bits per heavy atom. The number of hydrogen-bond acceptors (Lipinski definition) is 4. The van der Waals surface area contributed by atoms with Gasteiger partial charge in [0.2, 0.25) is 0 Å². The van der Waals surface area contributed by atoms with E-state index < -0.39 is 24.8 Å². The molecule has 1 aromatic heterocycles. The highest BCUT2D eigenvalue weighted by molar-refractivity contribution is 6.57. The molecule has 1 fully saturated rings. The van der Waals surface area contributed by atoms with Crippen molar-refractivity contribution in [1.82, 2.24) is 9.54 Å². The Morgan fingerprint density at radius 1 is 1.07 bits per heavy atom. The van der Waals surface area contributed by atoms with E-state index in [0.29, 0.717) is 27.6 Å². The average molecular weight is 409 g/mol. The molecule has 0 spiro atoms. The molecule has 0 saturated carbocycles. The van der Waals surface area contributed by atoms with E-state index in [4.69, 9.17) is 4.84 Å². The maximum absolute atomic E-state index is 14.8. The fraction of sp³-hybridized carbons (Fsp3) is 0.100. The number of fused-ring (bicyclic) bond motifs is 2. The lowest BCUT2D eigenvalue weighted by Crippen LogP contribution is -2.49. The van der Waals surface area contributed by atoms with Gasteiger partial charge in [-0.15, -0.1) is 5.06 Å². The molecule has 0 N–H and O–H groups in total. The van der Waals surface area contributed by atoms with E-state index in [1.807, 2.05) is 0 Å². The fourth-order valence-electron chi connectivity index (χ4n) is 3.88. The standard InChI is InChI=1S/C20H14BF2N3O4/c22-21(23)24-11-1-3-15(24)19(16-4-2-12-25(16)21)13-5-7-14(8-6-13)20(29)30-26-17(27)9-10-18(26)28/h1-8,11-12H,9-10H2. The third-order valence-electron chi connectivity index (χ3n) is 5.33. The maximum atomic E-state index is 14.8. The van der Waals surface area contributed by atoms with Crippen LogP contribution < -0.4 is 0 Å². The predicted molar refractivity (Wildman–Crippen MR) is 102 cm³/mol. The number of allylic oxidation sites excluding steroid dienone is 2. The van der Waals surface area contributed by atoms with Gasteiger partial charge in [0, 0.05) is 30.7 Å². The fourth-order valence-corrected chi connectivity index (χ4v) is 3.88. The molecule has 7 nitrogen and oxygen atoms in total. The molecule has 0 atom stereocenters. The summed E-state index contributed by atoms with van der Waals surface area (Å²) in [5.74, 6) is -1.97. The first-order valence-corrected chi connectivity index (χ1v) is 9.30. The minimum absolute atomic E-state index is 0.00872. The molecule has 10 heteroatoms. The second kappa shape index (κ2) is 6.34. The number of hydroxylamine groups is 2.